The quantitative estimate of drug-likeness (QED) is 0.643. The van der Waals surface area contributed by atoms with E-state index in [1.165, 1.54) is 43.5 Å². The minimum Gasteiger partial charge on any atom is -0.299 e. The first kappa shape index (κ1) is 9.25. The molecule has 2 aliphatic rings. The Balaban J connectivity index is 2.17. The molecule has 0 aromatic carbocycles. The van der Waals surface area contributed by atoms with E-state index in [1.807, 2.05) is 11.6 Å². The molecule has 82 valence electrons. The van der Waals surface area contributed by atoms with Crippen LogP contribution in [0.25, 0.3) is 0 Å². The maximum absolute atomic E-state index is 12.1. The molecule has 0 saturated heterocycles. The number of aromatic nitrogens is 2. The molecule has 0 radical (unpaired) electrons. The summed E-state index contributed by atoms with van der Waals surface area (Å²) in [5, 5.41) is 0. The Morgan fingerprint density at radius 3 is 2.40 bits per heavy atom. The van der Waals surface area contributed by atoms with Gasteiger partial charge >= 0.3 is 5.69 Å². The first-order valence-electron chi connectivity index (χ1n) is 6.08. The van der Waals surface area contributed by atoms with Crippen molar-refractivity contribution < 1.29 is 0 Å². The highest BCUT2D eigenvalue weighted by molar-refractivity contribution is 5.19. The van der Waals surface area contributed by atoms with Crippen molar-refractivity contribution in [3.63, 3.8) is 0 Å². The van der Waals surface area contributed by atoms with Crippen molar-refractivity contribution in [2.45, 2.75) is 51.0 Å². The second-order valence-corrected chi connectivity index (χ2v) is 4.90. The van der Waals surface area contributed by atoms with E-state index in [1.54, 1.807) is 0 Å². The molecule has 3 rings (SSSR count). The summed E-state index contributed by atoms with van der Waals surface area (Å²) in [6.45, 7) is 0. The Bertz CT molecular complexity index is 437. The lowest BCUT2D eigenvalue weighted by atomic mass is 10.2. The van der Waals surface area contributed by atoms with Crippen molar-refractivity contribution >= 4 is 0 Å². The lowest BCUT2D eigenvalue weighted by Crippen LogP contribution is -2.23. The monoisotopic (exact) mass is 206 g/mol. The van der Waals surface area contributed by atoms with Crippen LogP contribution in [0, 0.1) is 0 Å². The summed E-state index contributed by atoms with van der Waals surface area (Å²) in [6, 6.07) is 0.533. The SMILES string of the molecule is Cn1c2c(n(C3CC3)c1=O)CCCCC2. The number of hydrogen-bond donors (Lipinski definition) is 0. The van der Waals surface area contributed by atoms with E-state index in [0.717, 1.165) is 12.8 Å². The third-order valence-corrected chi connectivity index (χ3v) is 3.76. The van der Waals surface area contributed by atoms with Crippen LogP contribution in [0.3, 0.4) is 0 Å². The number of hydrogen-bond acceptors (Lipinski definition) is 1. The van der Waals surface area contributed by atoms with Gasteiger partial charge in [0.25, 0.3) is 0 Å². The molecule has 0 bridgehead atoms. The van der Waals surface area contributed by atoms with E-state index in [2.05, 4.69) is 4.57 Å². The van der Waals surface area contributed by atoms with Crippen LogP contribution in [0.4, 0.5) is 0 Å². The molecule has 0 amide bonds. The maximum atomic E-state index is 12.1. The van der Waals surface area contributed by atoms with Crippen molar-refractivity contribution in [1.29, 1.82) is 0 Å². The van der Waals surface area contributed by atoms with Gasteiger partial charge in [-0.3, -0.25) is 9.13 Å². The van der Waals surface area contributed by atoms with E-state index >= 15 is 0 Å². The lowest BCUT2D eigenvalue weighted by Gasteiger charge is -2.04. The predicted molar refractivity (Wildman–Crippen MR) is 59.2 cm³/mol. The van der Waals surface area contributed by atoms with Crippen molar-refractivity contribution in [2.24, 2.45) is 7.05 Å². The fourth-order valence-electron chi connectivity index (χ4n) is 2.77. The molecule has 3 nitrogen and oxygen atoms in total. The topological polar surface area (TPSA) is 26.9 Å². The van der Waals surface area contributed by atoms with Crippen molar-refractivity contribution in [2.75, 3.05) is 0 Å². The van der Waals surface area contributed by atoms with E-state index < -0.39 is 0 Å². The highest BCUT2D eigenvalue weighted by Gasteiger charge is 2.30. The van der Waals surface area contributed by atoms with Crippen LogP contribution in [-0.2, 0) is 19.9 Å². The van der Waals surface area contributed by atoms with Gasteiger partial charge in [0.2, 0.25) is 0 Å². The van der Waals surface area contributed by atoms with Crippen LogP contribution in [0.5, 0.6) is 0 Å². The molecule has 1 heterocycles. The van der Waals surface area contributed by atoms with Gasteiger partial charge in [-0.05, 0) is 38.5 Å². The average molecular weight is 206 g/mol. The minimum atomic E-state index is 0.226. The first-order chi connectivity index (χ1) is 7.29. The molecule has 15 heavy (non-hydrogen) atoms. The van der Waals surface area contributed by atoms with Crippen LogP contribution in [-0.4, -0.2) is 9.13 Å². The second kappa shape index (κ2) is 3.26. The van der Waals surface area contributed by atoms with Gasteiger partial charge in [-0.1, -0.05) is 6.42 Å². The zero-order valence-corrected chi connectivity index (χ0v) is 9.33. The summed E-state index contributed by atoms with van der Waals surface area (Å²) in [7, 11) is 1.94. The van der Waals surface area contributed by atoms with E-state index in [4.69, 9.17) is 0 Å². The summed E-state index contributed by atoms with van der Waals surface area (Å²) < 4.78 is 3.97. The molecule has 0 spiro atoms. The fourth-order valence-corrected chi connectivity index (χ4v) is 2.77. The third-order valence-electron chi connectivity index (χ3n) is 3.76. The van der Waals surface area contributed by atoms with E-state index in [0.29, 0.717) is 6.04 Å². The molecule has 0 unspecified atom stereocenters. The number of imidazole rings is 1. The summed E-state index contributed by atoms with van der Waals surface area (Å²) in [5.41, 5.74) is 2.89. The van der Waals surface area contributed by atoms with Crippen LogP contribution >= 0.6 is 0 Å². The normalized spacial score (nSPS) is 21.1. The molecule has 1 saturated carbocycles. The van der Waals surface area contributed by atoms with Gasteiger partial charge in [-0.15, -0.1) is 0 Å². The zero-order valence-electron chi connectivity index (χ0n) is 9.33. The molecule has 2 aliphatic carbocycles. The molecule has 1 aromatic heterocycles. The Kier molecular flexibility index (Phi) is 2.01. The Morgan fingerprint density at radius 1 is 1.07 bits per heavy atom. The number of rotatable bonds is 1. The Hall–Kier alpha value is -0.990. The fraction of sp³-hybridized carbons (Fsp3) is 0.750. The van der Waals surface area contributed by atoms with Gasteiger partial charge < -0.3 is 0 Å². The van der Waals surface area contributed by atoms with Crippen LogP contribution in [0.15, 0.2) is 4.79 Å². The molecule has 3 heteroatoms. The molecule has 0 N–H and O–H groups in total. The number of fused-ring (bicyclic) bond motifs is 1. The minimum absolute atomic E-state index is 0.226. The molecular weight excluding hydrogens is 188 g/mol. The largest absolute Gasteiger partial charge is 0.328 e. The second-order valence-electron chi connectivity index (χ2n) is 4.90. The number of nitrogens with zero attached hydrogens (tertiary/aromatic N) is 2. The van der Waals surface area contributed by atoms with Crippen LogP contribution in [0.1, 0.15) is 49.5 Å². The van der Waals surface area contributed by atoms with Crippen molar-refractivity contribution in [1.82, 2.24) is 9.13 Å². The van der Waals surface area contributed by atoms with Gasteiger partial charge in [-0.25, -0.2) is 4.79 Å². The Morgan fingerprint density at radius 2 is 1.73 bits per heavy atom. The van der Waals surface area contributed by atoms with Crippen LogP contribution in [0.2, 0.25) is 0 Å². The third kappa shape index (κ3) is 1.36. The van der Waals surface area contributed by atoms with Gasteiger partial charge in [0, 0.05) is 24.5 Å². The highest BCUT2D eigenvalue weighted by atomic mass is 16.1. The molecule has 1 fully saturated rings. The van der Waals surface area contributed by atoms with Gasteiger partial charge in [-0.2, -0.15) is 0 Å². The summed E-state index contributed by atoms with van der Waals surface area (Å²) >= 11 is 0. The molecular formula is C12H18N2O. The lowest BCUT2D eigenvalue weighted by molar-refractivity contribution is 0.619. The summed E-state index contributed by atoms with van der Waals surface area (Å²) in [4.78, 5) is 12.1. The zero-order chi connectivity index (χ0) is 10.4. The maximum Gasteiger partial charge on any atom is 0.328 e. The van der Waals surface area contributed by atoms with Gasteiger partial charge in [0.15, 0.2) is 0 Å². The molecule has 1 aromatic rings. The Labute approximate surface area is 89.7 Å². The van der Waals surface area contributed by atoms with Crippen LogP contribution < -0.4 is 5.69 Å². The molecule has 0 aliphatic heterocycles. The van der Waals surface area contributed by atoms with Gasteiger partial charge in [0.1, 0.15) is 0 Å². The molecule has 0 atom stereocenters. The average Bonchev–Trinajstić information content (AvgIpc) is 3.01. The summed E-state index contributed by atoms with van der Waals surface area (Å²) in [5.74, 6) is 0. The first-order valence-corrected chi connectivity index (χ1v) is 6.08. The predicted octanol–water partition coefficient (Wildman–Crippen LogP) is 1.79. The van der Waals surface area contributed by atoms with Crippen molar-refractivity contribution in [3.05, 3.63) is 21.9 Å². The highest BCUT2D eigenvalue weighted by Crippen LogP contribution is 2.36. The van der Waals surface area contributed by atoms with E-state index in [-0.39, 0.29) is 5.69 Å². The standard InChI is InChI=1S/C12H18N2O/c1-13-10-5-3-2-4-6-11(10)14(12(13)15)9-7-8-9/h9H,2-8H2,1H3. The smallest absolute Gasteiger partial charge is 0.299 e. The summed E-state index contributed by atoms with van der Waals surface area (Å²) in [6.07, 6.45) is 8.43. The van der Waals surface area contributed by atoms with E-state index in [9.17, 15) is 4.79 Å². The van der Waals surface area contributed by atoms with Crippen molar-refractivity contribution in [3.8, 4) is 0 Å². The van der Waals surface area contributed by atoms with Gasteiger partial charge in [0.05, 0.1) is 0 Å².